The zero-order chi connectivity index (χ0) is 28.9. The lowest BCUT2D eigenvalue weighted by atomic mass is 9.99. The van der Waals surface area contributed by atoms with Crippen molar-refractivity contribution in [2.75, 3.05) is 29.6 Å². The van der Waals surface area contributed by atoms with E-state index in [-0.39, 0.29) is 24.6 Å². The van der Waals surface area contributed by atoms with Gasteiger partial charge in [-0.1, -0.05) is 24.3 Å². The first kappa shape index (κ1) is 28.5. The van der Waals surface area contributed by atoms with Crippen molar-refractivity contribution in [2.24, 2.45) is 0 Å². The molecule has 0 aliphatic rings. The third kappa shape index (κ3) is 6.71. The summed E-state index contributed by atoms with van der Waals surface area (Å²) in [5, 5.41) is 22.1. The number of phenols is 2. The summed E-state index contributed by atoms with van der Waals surface area (Å²) in [7, 11) is -2.17. The van der Waals surface area contributed by atoms with Crippen molar-refractivity contribution < 1.29 is 32.6 Å². The summed E-state index contributed by atoms with van der Waals surface area (Å²) in [5.74, 6) is -0.510. The number of methoxy groups -OCH3 is 1. The molecule has 11 nitrogen and oxygen atoms in total. The van der Waals surface area contributed by atoms with Gasteiger partial charge in [0.2, 0.25) is 21.8 Å². The Labute approximate surface area is 232 Å². The number of oxazole rings is 1. The fraction of sp³-hybridized carbons (Fsp3) is 0.214. The summed E-state index contributed by atoms with van der Waals surface area (Å²) >= 11 is 0. The highest BCUT2D eigenvalue weighted by molar-refractivity contribution is 7.92. The van der Waals surface area contributed by atoms with E-state index in [0.29, 0.717) is 28.5 Å². The fourth-order valence-corrected chi connectivity index (χ4v) is 4.66. The molecule has 3 aromatic carbocycles. The average molecular weight is 567 g/mol. The van der Waals surface area contributed by atoms with Crippen molar-refractivity contribution in [3.05, 3.63) is 84.3 Å². The molecular weight excluding hydrogens is 536 g/mol. The van der Waals surface area contributed by atoms with E-state index in [1.165, 1.54) is 29.6 Å². The van der Waals surface area contributed by atoms with Gasteiger partial charge in [0.15, 0.2) is 0 Å². The molecule has 0 spiro atoms. The molecule has 0 fully saturated rings. The largest absolute Gasteiger partial charge is 0.506 e. The number of nitrogens with zero attached hydrogens (tertiary/aromatic N) is 2. The van der Waals surface area contributed by atoms with Crippen molar-refractivity contribution in [3.63, 3.8) is 0 Å². The summed E-state index contributed by atoms with van der Waals surface area (Å²) < 4.78 is 36.1. The quantitative estimate of drug-likeness (QED) is 0.156. The Bertz CT molecular complexity index is 1570. The van der Waals surface area contributed by atoms with E-state index in [9.17, 15) is 23.4 Å². The highest BCUT2D eigenvalue weighted by Crippen LogP contribution is 2.37. The molecule has 4 rings (SSSR count). The second-order valence-electron chi connectivity index (χ2n) is 9.06. The number of hydrogen-bond donors (Lipinski definition) is 4. The highest BCUT2D eigenvalue weighted by Gasteiger charge is 2.25. The van der Waals surface area contributed by atoms with Gasteiger partial charge in [-0.05, 0) is 60.9 Å². The lowest BCUT2D eigenvalue weighted by Crippen LogP contribution is -2.46. The number of phenolic OH excluding ortho intramolecular Hbond substituents is 2. The van der Waals surface area contributed by atoms with Gasteiger partial charge >= 0.3 is 0 Å². The van der Waals surface area contributed by atoms with Gasteiger partial charge in [-0.15, -0.1) is 0 Å². The third-order valence-electron chi connectivity index (χ3n) is 6.18. The van der Waals surface area contributed by atoms with Crippen LogP contribution < -0.4 is 19.9 Å². The van der Waals surface area contributed by atoms with Gasteiger partial charge in [-0.2, -0.15) is 0 Å². The molecule has 1 heterocycles. The van der Waals surface area contributed by atoms with Gasteiger partial charge in [0.25, 0.3) is 0 Å². The van der Waals surface area contributed by atoms with Crippen LogP contribution in [0.5, 0.6) is 17.2 Å². The second kappa shape index (κ2) is 12.1. The summed E-state index contributed by atoms with van der Waals surface area (Å²) in [4.78, 5) is 18.0. The molecule has 4 aromatic rings. The van der Waals surface area contributed by atoms with Gasteiger partial charge in [0.05, 0.1) is 31.2 Å². The maximum atomic E-state index is 13.8. The van der Waals surface area contributed by atoms with E-state index >= 15 is 0 Å². The number of hydrogen-bond acceptors (Lipinski definition) is 9. The van der Waals surface area contributed by atoms with Crippen molar-refractivity contribution in [1.29, 1.82) is 0 Å². The van der Waals surface area contributed by atoms with Crippen LogP contribution in [0.1, 0.15) is 24.0 Å². The van der Waals surface area contributed by atoms with Crippen molar-refractivity contribution >= 4 is 27.3 Å². The number of nitrogens with one attached hydrogen (secondary N) is 2. The van der Waals surface area contributed by atoms with Gasteiger partial charge in [-0.3, -0.25) is 9.52 Å². The van der Waals surface area contributed by atoms with Gasteiger partial charge < -0.3 is 19.4 Å². The van der Waals surface area contributed by atoms with Crippen LogP contribution in [0.4, 0.5) is 11.4 Å². The Morgan fingerprint density at radius 3 is 2.52 bits per heavy atom. The minimum atomic E-state index is -3.74. The predicted octanol–water partition coefficient (Wildman–Crippen LogP) is 4.02. The van der Waals surface area contributed by atoms with Crippen LogP contribution in [0.25, 0.3) is 11.5 Å². The molecule has 0 bridgehead atoms. The SMILES string of the molecule is COc1ccc(C(C)C(=O)N(NCCc2ccc(O)c(NS(C)(=O)=O)c2O)c2cccc(-c3ncco3)c2)cc1. The van der Waals surface area contributed by atoms with Gasteiger partial charge in [0, 0.05) is 12.1 Å². The minimum Gasteiger partial charge on any atom is -0.506 e. The van der Waals surface area contributed by atoms with Crippen LogP contribution in [0.3, 0.4) is 0 Å². The number of benzene rings is 3. The molecule has 0 aliphatic heterocycles. The Morgan fingerprint density at radius 2 is 1.88 bits per heavy atom. The molecule has 0 aliphatic carbocycles. The van der Waals surface area contributed by atoms with Crippen LogP contribution in [0.15, 0.2) is 77.5 Å². The molecule has 40 heavy (non-hydrogen) atoms. The minimum absolute atomic E-state index is 0.182. The number of rotatable bonds is 11. The van der Waals surface area contributed by atoms with Gasteiger partial charge in [-0.25, -0.2) is 23.8 Å². The van der Waals surface area contributed by atoms with Crippen LogP contribution in [0, 0.1) is 0 Å². The van der Waals surface area contributed by atoms with E-state index in [0.717, 1.165) is 11.8 Å². The zero-order valence-corrected chi connectivity index (χ0v) is 23.0. The molecule has 12 heteroatoms. The number of sulfonamides is 1. The Hall–Kier alpha value is -4.55. The number of hydrazine groups is 1. The molecule has 1 aromatic heterocycles. The summed E-state index contributed by atoms with van der Waals surface area (Å²) in [5.41, 5.74) is 5.19. The summed E-state index contributed by atoms with van der Waals surface area (Å²) in [6, 6.07) is 17.1. The summed E-state index contributed by atoms with van der Waals surface area (Å²) in [6.07, 6.45) is 4.11. The van der Waals surface area contributed by atoms with Crippen LogP contribution >= 0.6 is 0 Å². The van der Waals surface area contributed by atoms with Crippen molar-refractivity contribution in [3.8, 4) is 28.7 Å². The van der Waals surface area contributed by atoms with E-state index in [1.807, 2.05) is 18.2 Å². The zero-order valence-electron chi connectivity index (χ0n) is 22.2. The second-order valence-corrected chi connectivity index (χ2v) is 10.8. The lowest BCUT2D eigenvalue weighted by Gasteiger charge is -2.27. The fourth-order valence-electron chi connectivity index (χ4n) is 4.08. The molecule has 1 atom stereocenters. The van der Waals surface area contributed by atoms with Gasteiger partial charge in [0.1, 0.15) is 29.2 Å². The van der Waals surface area contributed by atoms with Crippen LogP contribution in [-0.2, 0) is 21.2 Å². The lowest BCUT2D eigenvalue weighted by molar-refractivity contribution is -0.120. The van der Waals surface area contributed by atoms with Crippen molar-refractivity contribution in [2.45, 2.75) is 19.3 Å². The first-order valence-electron chi connectivity index (χ1n) is 12.3. The van der Waals surface area contributed by atoms with E-state index in [4.69, 9.17) is 9.15 Å². The maximum Gasteiger partial charge on any atom is 0.248 e. The number of anilines is 2. The Kier molecular flexibility index (Phi) is 8.61. The topological polar surface area (TPSA) is 154 Å². The standard InChI is InChI=1S/C28H30N4O7S/c1-18(19-7-10-23(38-2)11-8-19)28(35)32(22-6-4-5-21(17-22)27-29-15-16-39-27)30-14-13-20-9-12-24(33)25(26(20)34)31-40(3,36)37/h4-12,15-18,30-31,33-34H,13-14H2,1-3H3. The number of amides is 1. The van der Waals surface area contributed by atoms with Crippen LogP contribution in [0.2, 0.25) is 0 Å². The summed E-state index contributed by atoms with van der Waals surface area (Å²) in [6.45, 7) is 1.98. The van der Waals surface area contributed by atoms with Crippen molar-refractivity contribution in [1.82, 2.24) is 10.4 Å². The molecule has 0 saturated carbocycles. The van der Waals surface area contributed by atoms with E-state index in [1.54, 1.807) is 44.4 Å². The molecule has 4 N–H and O–H groups in total. The number of aromatic nitrogens is 1. The molecule has 0 saturated heterocycles. The number of aromatic hydroxyl groups is 2. The van der Waals surface area contributed by atoms with E-state index in [2.05, 4.69) is 15.1 Å². The Balaban J connectivity index is 1.60. The predicted molar refractivity (Wildman–Crippen MR) is 151 cm³/mol. The normalized spacial score (nSPS) is 12.1. The first-order valence-corrected chi connectivity index (χ1v) is 14.2. The highest BCUT2D eigenvalue weighted by atomic mass is 32.2. The third-order valence-corrected chi connectivity index (χ3v) is 6.76. The molecule has 1 amide bonds. The molecule has 1 unspecified atom stereocenters. The number of carbonyl (C=O) groups excluding carboxylic acids is 1. The van der Waals surface area contributed by atoms with Crippen LogP contribution in [-0.4, -0.2) is 49.4 Å². The molecule has 210 valence electrons. The number of carbonyl (C=O) groups is 1. The first-order chi connectivity index (χ1) is 19.1. The monoisotopic (exact) mass is 566 g/mol. The molecular formula is C28H30N4O7S. The molecule has 0 radical (unpaired) electrons. The average Bonchev–Trinajstić information content (AvgIpc) is 3.49. The van der Waals surface area contributed by atoms with E-state index < -0.39 is 27.4 Å². The maximum absolute atomic E-state index is 13.8. The Morgan fingerprint density at radius 1 is 1.12 bits per heavy atom. The smallest absolute Gasteiger partial charge is 0.248 e. The number of ether oxygens (including phenoxy) is 1.